The van der Waals surface area contributed by atoms with E-state index >= 15 is 0 Å². The molecule has 0 atom stereocenters. The van der Waals surface area contributed by atoms with Gasteiger partial charge in [-0.2, -0.15) is 0 Å². The highest BCUT2D eigenvalue weighted by molar-refractivity contribution is 6.34. The molecule has 1 heterocycles. The van der Waals surface area contributed by atoms with Gasteiger partial charge >= 0.3 is 7.32 Å². The summed E-state index contributed by atoms with van der Waals surface area (Å²) in [5, 5.41) is 9.16. The zero-order valence-corrected chi connectivity index (χ0v) is 9.24. The van der Waals surface area contributed by atoms with E-state index in [1.807, 2.05) is 0 Å². The van der Waals surface area contributed by atoms with Crippen LogP contribution in [0.25, 0.3) is 0 Å². The topological polar surface area (TPSA) is 38.7 Å². The molecule has 0 unspecified atom stereocenters. The van der Waals surface area contributed by atoms with Gasteiger partial charge in [0.15, 0.2) is 0 Å². The summed E-state index contributed by atoms with van der Waals surface area (Å²) in [6, 6.07) is 0. The van der Waals surface area contributed by atoms with E-state index in [1.165, 1.54) is 12.8 Å². The Morgan fingerprint density at radius 2 is 1.64 bits per heavy atom. The van der Waals surface area contributed by atoms with Crippen molar-refractivity contribution in [2.45, 2.75) is 39.5 Å². The van der Waals surface area contributed by atoms with Gasteiger partial charge in [0.2, 0.25) is 0 Å². The first-order chi connectivity index (χ1) is 6.70. The van der Waals surface area contributed by atoms with Crippen molar-refractivity contribution in [1.29, 1.82) is 0 Å². The van der Waals surface area contributed by atoms with E-state index in [0.29, 0.717) is 13.2 Å². The quantitative estimate of drug-likeness (QED) is 0.656. The van der Waals surface area contributed by atoms with Gasteiger partial charge in [-0.1, -0.05) is 13.8 Å². The minimum absolute atomic E-state index is 0.602. The number of rotatable bonds is 1. The Morgan fingerprint density at radius 3 is 2.07 bits per heavy atom. The Kier molecular flexibility index (Phi) is 5.52. The summed E-state index contributed by atoms with van der Waals surface area (Å²) in [5.41, 5.74) is 0. The molecular formula is C10H21BO3. The van der Waals surface area contributed by atoms with Crippen LogP contribution in [0.3, 0.4) is 0 Å². The van der Waals surface area contributed by atoms with Crippen LogP contribution in [0.4, 0.5) is 0 Å². The molecule has 82 valence electrons. The molecule has 0 aliphatic carbocycles. The molecule has 3 nitrogen and oxygen atoms in total. The van der Waals surface area contributed by atoms with E-state index < -0.39 is 7.32 Å². The fourth-order valence-electron chi connectivity index (χ4n) is 1.92. The predicted octanol–water partition coefficient (Wildman–Crippen LogP) is 1.84. The summed E-state index contributed by atoms with van der Waals surface area (Å²) in [7, 11) is -1.01. The van der Waals surface area contributed by atoms with Crippen LogP contribution in [0.5, 0.6) is 0 Å². The Bertz CT molecular complexity index is 140. The summed E-state index contributed by atoms with van der Waals surface area (Å²) in [5.74, 6) is 1.51. The summed E-state index contributed by atoms with van der Waals surface area (Å²) in [6.45, 7) is 5.74. The van der Waals surface area contributed by atoms with Gasteiger partial charge < -0.3 is 14.3 Å². The fourth-order valence-corrected chi connectivity index (χ4v) is 1.92. The van der Waals surface area contributed by atoms with Gasteiger partial charge in [-0.3, -0.25) is 0 Å². The van der Waals surface area contributed by atoms with Crippen LogP contribution in [0.15, 0.2) is 0 Å². The van der Waals surface area contributed by atoms with Gasteiger partial charge in [0.25, 0.3) is 0 Å². The van der Waals surface area contributed by atoms with E-state index in [1.54, 1.807) is 0 Å². The Balaban J connectivity index is 2.31. The lowest BCUT2D eigenvalue weighted by molar-refractivity contribution is 0.113. The molecule has 14 heavy (non-hydrogen) atoms. The third kappa shape index (κ3) is 4.44. The van der Waals surface area contributed by atoms with Crippen molar-refractivity contribution in [3.63, 3.8) is 0 Å². The lowest BCUT2D eigenvalue weighted by Crippen LogP contribution is -2.25. The highest BCUT2D eigenvalue weighted by atomic mass is 16.7. The average Bonchev–Trinajstić information content (AvgIpc) is 2.15. The molecule has 4 heteroatoms. The standard InChI is InChI=1S/C10H21BO3/c1-9(2)10-5-3-7-13-11(12)14-8-4-6-10/h9-10,12H,3-8H2,1-2H3. The average molecular weight is 200 g/mol. The molecule has 0 spiro atoms. The van der Waals surface area contributed by atoms with Crippen molar-refractivity contribution in [2.24, 2.45) is 11.8 Å². The first kappa shape index (κ1) is 12.0. The first-order valence-electron chi connectivity index (χ1n) is 5.61. The predicted molar refractivity (Wildman–Crippen MR) is 56.7 cm³/mol. The van der Waals surface area contributed by atoms with E-state index in [0.717, 1.165) is 24.7 Å². The second kappa shape index (κ2) is 6.43. The fraction of sp³-hybridized carbons (Fsp3) is 1.00. The monoisotopic (exact) mass is 200 g/mol. The van der Waals surface area contributed by atoms with Gasteiger partial charge in [-0.25, -0.2) is 0 Å². The van der Waals surface area contributed by atoms with Crippen molar-refractivity contribution in [3.05, 3.63) is 0 Å². The van der Waals surface area contributed by atoms with Crippen molar-refractivity contribution in [1.82, 2.24) is 0 Å². The first-order valence-corrected chi connectivity index (χ1v) is 5.61. The molecule has 0 amide bonds. The molecule has 1 aliphatic heterocycles. The van der Waals surface area contributed by atoms with Crippen LogP contribution >= 0.6 is 0 Å². The van der Waals surface area contributed by atoms with Crippen LogP contribution in [-0.4, -0.2) is 25.6 Å². The largest absolute Gasteiger partial charge is 0.636 e. The summed E-state index contributed by atoms with van der Waals surface area (Å²) in [4.78, 5) is 0. The Hall–Kier alpha value is -0.0551. The Labute approximate surface area is 87.0 Å². The number of hydrogen-bond acceptors (Lipinski definition) is 3. The third-order valence-corrected chi connectivity index (χ3v) is 2.90. The molecular weight excluding hydrogens is 179 g/mol. The minimum Gasteiger partial charge on any atom is -0.402 e. The van der Waals surface area contributed by atoms with Crippen molar-refractivity contribution >= 4 is 7.32 Å². The molecule has 0 aromatic rings. The molecule has 1 fully saturated rings. The molecule has 0 aromatic carbocycles. The van der Waals surface area contributed by atoms with Gasteiger partial charge in [0.1, 0.15) is 0 Å². The van der Waals surface area contributed by atoms with Gasteiger partial charge in [-0.15, -0.1) is 0 Å². The van der Waals surface area contributed by atoms with Gasteiger partial charge in [-0.05, 0) is 37.5 Å². The maximum Gasteiger partial charge on any atom is 0.636 e. The Morgan fingerprint density at radius 1 is 1.14 bits per heavy atom. The lowest BCUT2D eigenvalue weighted by atomic mass is 9.87. The zero-order chi connectivity index (χ0) is 10.4. The highest BCUT2D eigenvalue weighted by Crippen LogP contribution is 2.23. The summed E-state index contributed by atoms with van der Waals surface area (Å²) in [6.07, 6.45) is 4.43. The third-order valence-electron chi connectivity index (χ3n) is 2.90. The van der Waals surface area contributed by atoms with Crippen LogP contribution < -0.4 is 0 Å². The van der Waals surface area contributed by atoms with Crippen LogP contribution in [0, 0.1) is 11.8 Å². The molecule has 1 rings (SSSR count). The van der Waals surface area contributed by atoms with Gasteiger partial charge in [0.05, 0.1) is 0 Å². The van der Waals surface area contributed by atoms with Crippen LogP contribution in [0.2, 0.25) is 0 Å². The maximum absolute atomic E-state index is 9.16. The SMILES string of the molecule is CC(C)C1CCCOB(O)OCCC1. The van der Waals surface area contributed by atoms with Crippen LogP contribution in [-0.2, 0) is 9.31 Å². The van der Waals surface area contributed by atoms with E-state index in [-0.39, 0.29) is 0 Å². The van der Waals surface area contributed by atoms with E-state index in [2.05, 4.69) is 13.8 Å². The summed E-state index contributed by atoms with van der Waals surface area (Å²) < 4.78 is 10.2. The van der Waals surface area contributed by atoms with Crippen molar-refractivity contribution in [2.75, 3.05) is 13.2 Å². The second-order valence-corrected chi connectivity index (χ2v) is 4.34. The van der Waals surface area contributed by atoms with E-state index in [4.69, 9.17) is 14.3 Å². The molecule has 0 bridgehead atoms. The van der Waals surface area contributed by atoms with Gasteiger partial charge in [0, 0.05) is 13.2 Å². The molecule has 1 saturated heterocycles. The molecule has 0 radical (unpaired) electrons. The van der Waals surface area contributed by atoms with Crippen LogP contribution in [0.1, 0.15) is 39.5 Å². The number of hydrogen-bond donors (Lipinski definition) is 1. The minimum atomic E-state index is -1.01. The smallest absolute Gasteiger partial charge is 0.402 e. The zero-order valence-electron chi connectivity index (χ0n) is 9.24. The molecule has 0 aromatic heterocycles. The second-order valence-electron chi connectivity index (χ2n) is 4.34. The van der Waals surface area contributed by atoms with Crippen molar-refractivity contribution in [3.8, 4) is 0 Å². The van der Waals surface area contributed by atoms with E-state index in [9.17, 15) is 0 Å². The van der Waals surface area contributed by atoms with Crippen molar-refractivity contribution < 1.29 is 14.3 Å². The lowest BCUT2D eigenvalue weighted by Gasteiger charge is -2.22. The highest BCUT2D eigenvalue weighted by Gasteiger charge is 2.19. The molecule has 0 saturated carbocycles. The maximum atomic E-state index is 9.16. The summed E-state index contributed by atoms with van der Waals surface area (Å²) >= 11 is 0. The molecule has 1 N–H and O–H groups in total. The normalized spacial score (nSPS) is 22.7. The molecule has 1 aliphatic rings.